The van der Waals surface area contributed by atoms with Crippen molar-refractivity contribution in [2.45, 2.75) is 78.6 Å². The predicted octanol–water partition coefficient (Wildman–Crippen LogP) is 17.8. The molecule has 3 heterocycles. The summed E-state index contributed by atoms with van der Waals surface area (Å²) in [6.07, 6.45) is 2.05. The SMILES string of the molecule is Cc1cc(-n2c3ccc(-c4ccccc4)cc3c3ccc(Oc4cccc(N5CN(c6cc(C(C)(C)C)cc(C(C)(C)C)c6)c6ccccc65)c4)cc32)ncc1-c1cccc(C(C)(C)c2ccccc2)c1. The number of aromatic nitrogens is 2. The molecule has 8 aromatic carbocycles. The fraction of sp³-hybridized carbons (Fsp3) is 0.197. The quantitative estimate of drug-likeness (QED) is 0.144. The van der Waals surface area contributed by atoms with Crippen molar-refractivity contribution in [3.8, 4) is 39.6 Å². The molecule has 1 aliphatic rings. The van der Waals surface area contributed by atoms with E-state index in [4.69, 9.17) is 9.72 Å². The zero-order chi connectivity index (χ0) is 49.2. The van der Waals surface area contributed by atoms with Crippen molar-refractivity contribution >= 4 is 44.6 Å². The Hall–Kier alpha value is -7.89. The predicted molar refractivity (Wildman–Crippen MR) is 299 cm³/mol. The van der Waals surface area contributed by atoms with E-state index in [9.17, 15) is 0 Å². The molecule has 0 amide bonds. The van der Waals surface area contributed by atoms with Gasteiger partial charge in [0.15, 0.2) is 0 Å². The van der Waals surface area contributed by atoms with Crippen molar-refractivity contribution in [2.24, 2.45) is 0 Å². The topological polar surface area (TPSA) is 33.5 Å². The van der Waals surface area contributed by atoms with Crippen LogP contribution in [0.25, 0.3) is 49.9 Å². The number of aryl methyl sites for hydroxylation is 1. The van der Waals surface area contributed by atoms with Crippen LogP contribution in [-0.2, 0) is 16.2 Å². The highest BCUT2D eigenvalue weighted by atomic mass is 16.5. The van der Waals surface area contributed by atoms with Gasteiger partial charge in [-0.1, -0.05) is 171 Å². The van der Waals surface area contributed by atoms with Gasteiger partial charge in [0.05, 0.1) is 22.4 Å². The molecular formula is C66H62N4O. The van der Waals surface area contributed by atoms with Gasteiger partial charge in [-0.15, -0.1) is 0 Å². The van der Waals surface area contributed by atoms with Crippen molar-refractivity contribution in [3.05, 3.63) is 228 Å². The van der Waals surface area contributed by atoms with Gasteiger partial charge in [-0.3, -0.25) is 4.57 Å². The molecule has 2 aromatic heterocycles. The smallest absolute Gasteiger partial charge is 0.137 e. The Balaban J connectivity index is 0.956. The van der Waals surface area contributed by atoms with Crippen LogP contribution in [0, 0.1) is 6.92 Å². The lowest BCUT2D eigenvalue weighted by Gasteiger charge is -2.29. The van der Waals surface area contributed by atoms with Crippen LogP contribution >= 0.6 is 0 Å². The third-order valence-corrected chi connectivity index (χ3v) is 14.6. The number of nitrogens with zero attached hydrogens (tertiary/aromatic N) is 4. The molecular weight excluding hydrogens is 865 g/mol. The molecule has 0 N–H and O–H groups in total. The van der Waals surface area contributed by atoms with E-state index in [1.807, 2.05) is 6.20 Å². The summed E-state index contributed by atoms with van der Waals surface area (Å²) >= 11 is 0. The first-order valence-electron chi connectivity index (χ1n) is 25.0. The molecule has 0 saturated carbocycles. The first kappa shape index (κ1) is 45.5. The van der Waals surface area contributed by atoms with Crippen molar-refractivity contribution in [1.29, 1.82) is 0 Å². The maximum absolute atomic E-state index is 6.87. The van der Waals surface area contributed by atoms with E-state index in [1.54, 1.807) is 0 Å². The van der Waals surface area contributed by atoms with Crippen LogP contribution in [0.4, 0.5) is 22.7 Å². The number of anilines is 4. The van der Waals surface area contributed by atoms with E-state index in [0.29, 0.717) is 6.67 Å². The fourth-order valence-electron chi connectivity index (χ4n) is 10.3. The van der Waals surface area contributed by atoms with Crippen LogP contribution in [-0.4, -0.2) is 16.2 Å². The van der Waals surface area contributed by atoms with Crippen LogP contribution in [0.15, 0.2) is 200 Å². The Morgan fingerprint density at radius 3 is 1.75 bits per heavy atom. The number of para-hydroxylation sites is 2. The Kier molecular flexibility index (Phi) is 11.2. The summed E-state index contributed by atoms with van der Waals surface area (Å²) in [6, 6.07) is 70.2. The Morgan fingerprint density at radius 2 is 1.06 bits per heavy atom. The molecule has 5 nitrogen and oxygen atoms in total. The molecule has 0 spiro atoms. The minimum absolute atomic E-state index is 0.0111. The van der Waals surface area contributed by atoms with Crippen molar-refractivity contribution < 1.29 is 4.74 Å². The number of pyridine rings is 1. The number of hydrogen-bond acceptors (Lipinski definition) is 4. The number of benzene rings is 8. The van der Waals surface area contributed by atoms with Gasteiger partial charge in [0.1, 0.15) is 24.0 Å². The lowest BCUT2D eigenvalue weighted by Crippen LogP contribution is -2.25. The molecule has 0 unspecified atom stereocenters. The Bertz CT molecular complexity index is 3580. The highest BCUT2D eigenvalue weighted by Gasteiger charge is 2.31. The number of rotatable bonds is 9. The fourth-order valence-corrected chi connectivity index (χ4v) is 10.3. The van der Waals surface area contributed by atoms with Gasteiger partial charge < -0.3 is 14.5 Å². The van der Waals surface area contributed by atoms with Crippen molar-refractivity contribution in [1.82, 2.24) is 9.55 Å². The lowest BCUT2D eigenvalue weighted by molar-refractivity contribution is 0.483. The maximum atomic E-state index is 6.87. The second-order valence-corrected chi connectivity index (χ2v) is 21.9. The maximum Gasteiger partial charge on any atom is 0.137 e. The molecule has 10 aromatic rings. The zero-order valence-electron chi connectivity index (χ0n) is 42.5. The van der Waals surface area contributed by atoms with Crippen LogP contribution in [0.3, 0.4) is 0 Å². The van der Waals surface area contributed by atoms with Gasteiger partial charge in [-0.2, -0.15) is 0 Å². The molecule has 0 atom stereocenters. The highest BCUT2D eigenvalue weighted by Crippen LogP contribution is 2.47. The number of ether oxygens (including phenoxy) is 1. The van der Waals surface area contributed by atoms with Crippen molar-refractivity contribution in [3.63, 3.8) is 0 Å². The van der Waals surface area contributed by atoms with E-state index in [2.05, 4.69) is 271 Å². The normalized spacial score (nSPS) is 13.0. The first-order chi connectivity index (χ1) is 34.1. The second-order valence-electron chi connectivity index (χ2n) is 21.9. The summed E-state index contributed by atoms with van der Waals surface area (Å²) in [6.45, 7) is 21.3. The minimum Gasteiger partial charge on any atom is -0.457 e. The Morgan fingerprint density at radius 1 is 0.437 bits per heavy atom. The van der Waals surface area contributed by atoms with E-state index < -0.39 is 0 Å². The summed E-state index contributed by atoms with van der Waals surface area (Å²) in [4.78, 5) is 10.1. The molecule has 71 heavy (non-hydrogen) atoms. The summed E-state index contributed by atoms with van der Waals surface area (Å²) in [5.41, 5.74) is 17.6. The third kappa shape index (κ3) is 8.54. The van der Waals surface area contributed by atoms with E-state index in [1.165, 1.54) is 50.4 Å². The molecule has 0 fully saturated rings. The third-order valence-electron chi connectivity index (χ3n) is 14.6. The molecule has 352 valence electrons. The molecule has 0 saturated heterocycles. The molecule has 0 radical (unpaired) electrons. The summed E-state index contributed by atoms with van der Waals surface area (Å²) in [5.74, 6) is 2.39. The second kappa shape index (κ2) is 17.5. The molecule has 5 heteroatoms. The minimum atomic E-state index is -0.155. The average molecular weight is 927 g/mol. The van der Waals surface area contributed by atoms with E-state index in [0.717, 1.165) is 61.5 Å². The number of fused-ring (bicyclic) bond motifs is 4. The molecule has 1 aliphatic heterocycles. The highest BCUT2D eigenvalue weighted by molar-refractivity contribution is 6.10. The van der Waals surface area contributed by atoms with Gasteiger partial charge in [0.2, 0.25) is 0 Å². The average Bonchev–Trinajstić information content (AvgIpc) is 3.92. The van der Waals surface area contributed by atoms with Crippen LogP contribution in [0.2, 0.25) is 0 Å². The first-order valence-corrected chi connectivity index (χ1v) is 25.0. The van der Waals surface area contributed by atoms with Crippen LogP contribution in [0.5, 0.6) is 11.5 Å². The van der Waals surface area contributed by atoms with Gasteiger partial charge in [0, 0.05) is 51.5 Å². The summed E-state index contributed by atoms with van der Waals surface area (Å²) < 4.78 is 9.17. The number of hydrogen-bond donors (Lipinski definition) is 0. The summed E-state index contributed by atoms with van der Waals surface area (Å²) in [7, 11) is 0. The Labute approximate surface area is 419 Å². The molecule has 0 aliphatic carbocycles. The standard InChI is InChI=1S/C66H62N4O/c1-44-34-63(67-42-58(44)47-22-18-25-49(35-47)66(8,9)48-23-14-11-15-24-48)70-59-33-30-46(45-20-12-10-13-21-45)36-57(59)56-32-31-55(41-62(56)70)71-54-27-19-26-52(40-54)68-43-69(61-29-17-16-28-60(61)68)53-38-50(64(2,3)4)37-51(39-53)65(5,6)7/h10-42H,43H2,1-9H3. The van der Waals surface area contributed by atoms with E-state index >= 15 is 0 Å². The van der Waals surface area contributed by atoms with Crippen LogP contribution in [0.1, 0.15) is 83.2 Å². The van der Waals surface area contributed by atoms with Gasteiger partial charge >= 0.3 is 0 Å². The lowest BCUT2D eigenvalue weighted by atomic mass is 9.77. The molecule has 11 rings (SSSR count). The van der Waals surface area contributed by atoms with Crippen LogP contribution < -0.4 is 14.5 Å². The van der Waals surface area contributed by atoms with Gasteiger partial charge in [0.25, 0.3) is 0 Å². The largest absolute Gasteiger partial charge is 0.457 e. The van der Waals surface area contributed by atoms with E-state index in [-0.39, 0.29) is 16.2 Å². The van der Waals surface area contributed by atoms with Gasteiger partial charge in [-0.05, 0) is 129 Å². The van der Waals surface area contributed by atoms with Gasteiger partial charge in [-0.25, -0.2) is 4.98 Å². The van der Waals surface area contributed by atoms with Crippen molar-refractivity contribution in [2.75, 3.05) is 16.5 Å². The molecule has 0 bridgehead atoms. The summed E-state index contributed by atoms with van der Waals surface area (Å²) in [5, 5.41) is 2.30. The monoisotopic (exact) mass is 926 g/mol. The zero-order valence-corrected chi connectivity index (χ0v) is 42.5.